The van der Waals surface area contributed by atoms with Crippen LogP contribution in [-0.2, 0) is 19.3 Å². The van der Waals surface area contributed by atoms with Crippen molar-refractivity contribution >= 4 is 11.6 Å². The van der Waals surface area contributed by atoms with Crippen molar-refractivity contribution in [3.8, 4) is 0 Å². The van der Waals surface area contributed by atoms with Gasteiger partial charge in [-0.05, 0) is 25.7 Å². The van der Waals surface area contributed by atoms with E-state index >= 15 is 0 Å². The van der Waals surface area contributed by atoms with Crippen LogP contribution >= 0.6 is 0 Å². The maximum absolute atomic E-state index is 11.6. The topological polar surface area (TPSA) is 99.5 Å². The molecule has 0 bridgehead atoms. The van der Waals surface area contributed by atoms with Gasteiger partial charge in [-0.25, -0.2) is 0 Å². The van der Waals surface area contributed by atoms with E-state index in [1.807, 2.05) is 0 Å². The highest BCUT2D eigenvalue weighted by Gasteiger charge is 2.34. The molecule has 0 aromatic rings. The van der Waals surface area contributed by atoms with Crippen LogP contribution in [0.4, 0.5) is 0 Å². The van der Waals surface area contributed by atoms with Crippen molar-refractivity contribution in [2.24, 2.45) is 0 Å². The molecular weight excluding hydrogens is 268 g/mol. The van der Waals surface area contributed by atoms with E-state index in [0.29, 0.717) is 26.2 Å². The van der Waals surface area contributed by atoms with Gasteiger partial charge in [0.2, 0.25) is 12.6 Å². The summed E-state index contributed by atoms with van der Waals surface area (Å²) in [4.78, 5) is 33.2. The second-order valence-electron chi connectivity index (χ2n) is 4.92. The third-order valence-electron chi connectivity index (χ3n) is 3.32. The number of rotatable bonds is 7. The van der Waals surface area contributed by atoms with Crippen LogP contribution < -0.4 is 0 Å². The Kier molecular flexibility index (Phi) is 5.58. The zero-order valence-corrected chi connectivity index (χ0v) is 11.2. The first-order chi connectivity index (χ1) is 9.58. The SMILES string of the molecule is O=C(C(=O)C(O)ON1CCCC1)C(O)ON1CCCC1. The first kappa shape index (κ1) is 15.5. The van der Waals surface area contributed by atoms with Crippen LogP contribution in [0, 0.1) is 0 Å². The third-order valence-corrected chi connectivity index (χ3v) is 3.32. The number of Topliss-reactive ketones (excluding diaryl/α,β-unsaturated/α-hetero) is 2. The number of aliphatic hydroxyl groups is 2. The van der Waals surface area contributed by atoms with E-state index in [0.717, 1.165) is 25.7 Å². The fourth-order valence-corrected chi connectivity index (χ4v) is 2.21. The minimum Gasteiger partial charge on any atom is -0.360 e. The van der Waals surface area contributed by atoms with E-state index in [-0.39, 0.29) is 0 Å². The molecule has 2 atom stereocenters. The second kappa shape index (κ2) is 7.21. The summed E-state index contributed by atoms with van der Waals surface area (Å²) in [6.45, 7) is 2.41. The van der Waals surface area contributed by atoms with Gasteiger partial charge in [0.25, 0.3) is 11.6 Å². The molecule has 2 rings (SSSR count). The average Bonchev–Trinajstić information content (AvgIpc) is 3.10. The summed E-state index contributed by atoms with van der Waals surface area (Å²) in [5.41, 5.74) is 0. The van der Waals surface area contributed by atoms with Crippen molar-refractivity contribution in [1.82, 2.24) is 10.1 Å². The molecule has 0 aliphatic carbocycles. The maximum atomic E-state index is 11.6. The first-order valence-electron chi connectivity index (χ1n) is 6.85. The number of hydrogen-bond donors (Lipinski definition) is 2. The second-order valence-corrected chi connectivity index (χ2v) is 4.92. The molecule has 20 heavy (non-hydrogen) atoms. The molecule has 2 unspecified atom stereocenters. The van der Waals surface area contributed by atoms with Gasteiger partial charge in [-0.2, -0.15) is 10.1 Å². The van der Waals surface area contributed by atoms with Crippen molar-refractivity contribution in [2.75, 3.05) is 26.2 Å². The molecular formula is C12H20N2O6. The molecule has 2 aliphatic rings. The van der Waals surface area contributed by atoms with Gasteiger partial charge >= 0.3 is 0 Å². The zero-order chi connectivity index (χ0) is 14.5. The number of aliphatic hydroxyl groups excluding tert-OH is 2. The summed E-state index contributed by atoms with van der Waals surface area (Å²) < 4.78 is 0. The smallest absolute Gasteiger partial charge is 0.261 e. The lowest BCUT2D eigenvalue weighted by Gasteiger charge is -2.21. The number of ketones is 2. The fraction of sp³-hybridized carbons (Fsp3) is 0.833. The standard InChI is InChI=1S/C12H20N2O6/c15-9(11(17)19-13-5-1-2-6-13)10(16)12(18)20-14-7-3-4-8-14/h11-12,17-18H,1-8H2. The Morgan fingerprint density at radius 2 is 1.05 bits per heavy atom. The Morgan fingerprint density at radius 1 is 0.750 bits per heavy atom. The van der Waals surface area contributed by atoms with Crippen LogP contribution in [0.5, 0.6) is 0 Å². The molecule has 0 spiro atoms. The summed E-state index contributed by atoms with van der Waals surface area (Å²) >= 11 is 0. The third kappa shape index (κ3) is 4.05. The summed E-state index contributed by atoms with van der Waals surface area (Å²) in [6.07, 6.45) is -0.134. The summed E-state index contributed by atoms with van der Waals surface area (Å²) in [5.74, 6) is -2.41. The molecule has 2 saturated heterocycles. The fourth-order valence-electron chi connectivity index (χ4n) is 2.21. The predicted octanol–water partition coefficient (Wildman–Crippen LogP) is -1.18. The molecule has 0 radical (unpaired) electrons. The molecule has 8 heteroatoms. The molecule has 0 amide bonds. The molecule has 2 aliphatic heterocycles. The molecule has 2 heterocycles. The minimum atomic E-state index is -1.89. The quantitative estimate of drug-likeness (QED) is 0.446. The Hall–Kier alpha value is -0.900. The molecule has 0 saturated carbocycles. The van der Waals surface area contributed by atoms with E-state index in [2.05, 4.69) is 0 Å². The highest BCUT2D eigenvalue weighted by Crippen LogP contribution is 2.12. The Bertz CT molecular complexity index is 318. The van der Waals surface area contributed by atoms with Gasteiger partial charge in [0.1, 0.15) is 0 Å². The van der Waals surface area contributed by atoms with Crippen LogP contribution in [0.25, 0.3) is 0 Å². The average molecular weight is 288 g/mol. The zero-order valence-electron chi connectivity index (χ0n) is 11.2. The van der Waals surface area contributed by atoms with Crippen LogP contribution in [0.1, 0.15) is 25.7 Å². The summed E-state index contributed by atoms with van der Waals surface area (Å²) in [7, 11) is 0. The van der Waals surface area contributed by atoms with Gasteiger partial charge in [-0.15, -0.1) is 0 Å². The lowest BCUT2D eigenvalue weighted by molar-refractivity contribution is -0.257. The first-order valence-corrected chi connectivity index (χ1v) is 6.85. The van der Waals surface area contributed by atoms with Crippen LogP contribution in [0.2, 0.25) is 0 Å². The van der Waals surface area contributed by atoms with Gasteiger partial charge < -0.3 is 10.2 Å². The Balaban J connectivity index is 1.78. The minimum absolute atomic E-state index is 0.603. The highest BCUT2D eigenvalue weighted by atomic mass is 16.8. The predicted molar refractivity (Wildman–Crippen MR) is 65.8 cm³/mol. The highest BCUT2D eigenvalue weighted by molar-refractivity contribution is 6.39. The van der Waals surface area contributed by atoms with Crippen LogP contribution in [0.3, 0.4) is 0 Å². The van der Waals surface area contributed by atoms with Crippen molar-refractivity contribution in [3.05, 3.63) is 0 Å². The van der Waals surface area contributed by atoms with E-state index in [1.165, 1.54) is 10.1 Å². The number of nitrogens with zero attached hydrogens (tertiary/aromatic N) is 2. The monoisotopic (exact) mass is 288 g/mol. The molecule has 114 valence electrons. The van der Waals surface area contributed by atoms with E-state index in [1.54, 1.807) is 0 Å². The molecule has 8 nitrogen and oxygen atoms in total. The van der Waals surface area contributed by atoms with Gasteiger partial charge in [0.05, 0.1) is 0 Å². The largest absolute Gasteiger partial charge is 0.360 e. The van der Waals surface area contributed by atoms with Crippen molar-refractivity contribution in [2.45, 2.75) is 38.3 Å². The van der Waals surface area contributed by atoms with Gasteiger partial charge in [-0.1, -0.05) is 0 Å². The van der Waals surface area contributed by atoms with Gasteiger partial charge in [-0.3, -0.25) is 19.3 Å². The lowest BCUT2D eigenvalue weighted by Crippen LogP contribution is -2.43. The number of carbonyl (C=O) groups is 2. The Morgan fingerprint density at radius 3 is 1.35 bits per heavy atom. The summed E-state index contributed by atoms with van der Waals surface area (Å²) in [6, 6.07) is 0. The van der Waals surface area contributed by atoms with Crippen LogP contribution in [-0.4, -0.2) is 70.7 Å². The molecule has 2 fully saturated rings. The van der Waals surface area contributed by atoms with E-state index in [4.69, 9.17) is 9.68 Å². The van der Waals surface area contributed by atoms with Crippen molar-refractivity contribution in [3.63, 3.8) is 0 Å². The van der Waals surface area contributed by atoms with Crippen LogP contribution in [0.15, 0.2) is 0 Å². The maximum Gasteiger partial charge on any atom is 0.261 e. The summed E-state index contributed by atoms with van der Waals surface area (Å²) in [5, 5.41) is 22.0. The van der Waals surface area contributed by atoms with E-state index in [9.17, 15) is 19.8 Å². The number of hydrogen-bond acceptors (Lipinski definition) is 8. The molecule has 2 N–H and O–H groups in total. The normalized spacial score (nSPS) is 23.9. The Labute approximate surface area is 116 Å². The lowest BCUT2D eigenvalue weighted by atomic mass is 10.2. The number of hydroxylamine groups is 4. The van der Waals surface area contributed by atoms with Gasteiger partial charge in [0.15, 0.2) is 0 Å². The van der Waals surface area contributed by atoms with E-state index < -0.39 is 24.1 Å². The number of carbonyl (C=O) groups excluding carboxylic acids is 2. The van der Waals surface area contributed by atoms with Gasteiger partial charge in [0, 0.05) is 26.2 Å². The van der Waals surface area contributed by atoms with Crippen molar-refractivity contribution in [1.29, 1.82) is 0 Å². The molecule has 0 aromatic carbocycles. The van der Waals surface area contributed by atoms with Crippen molar-refractivity contribution < 1.29 is 29.5 Å². The molecule has 0 aromatic heterocycles.